The van der Waals surface area contributed by atoms with E-state index in [1.165, 1.54) is 0 Å². The minimum atomic E-state index is 0.273. The fourth-order valence-electron chi connectivity index (χ4n) is 0.783. The van der Waals surface area contributed by atoms with Crippen molar-refractivity contribution in [2.24, 2.45) is 0 Å². The van der Waals surface area contributed by atoms with Crippen molar-refractivity contribution in [2.75, 3.05) is 10.6 Å². The third-order valence-electron chi connectivity index (χ3n) is 1.42. The van der Waals surface area contributed by atoms with Crippen molar-refractivity contribution in [1.82, 2.24) is 10.2 Å². The van der Waals surface area contributed by atoms with Gasteiger partial charge in [-0.1, -0.05) is 21.0 Å². The number of anilines is 1. The second-order valence-electron chi connectivity index (χ2n) is 2.68. The first-order valence-electron chi connectivity index (χ1n) is 4.07. The average Bonchev–Trinajstić information content (AvgIpc) is 2.28. The van der Waals surface area contributed by atoms with E-state index in [-0.39, 0.29) is 6.04 Å². The topological polar surface area (TPSA) is 76.5 Å². The first-order valence-corrected chi connectivity index (χ1v) is 5.93. The van der Waals surface area contributed by atoms with Crippen molar-refractivity contribution in [3.05, 3.63) is 12.1 Å². The summed E-state index contributed by atoms with van der Waals surface area (Å²) in [6, 6.07) is 3.73. The van der Waals surface area contributed by atoms with Crippen LogP contribution in [-0.4, -0.2) is 26.8 Å². The number of aromatic nitrogens is 2. The van der Waals surface area contributed by atoms with E-state index < -0.39 is 0 Å². The molecule has 0 aliphatic heterocycles. The predicted octanol–water partition coefficient (Wildman–Crippen LogP) is 2.10. The zero-order chi connectivity index (χ0) is 11.1. The van der Waals surface area contributed by atoms with Crippen molar-refractivity contribution < 1.29 is 14.6 Å². The van der Waals surface area contributed by atoms with Crippen molar-refractivity contribution in [2.45, 2.75) is 18.0 Å². The number of rotatable bonds is 6. The van der Waals surface area contributed by atoms with Gasteiger partial charge in [-0.3, -0.25) is 0 Å². The summed E-state index contributed by atoms with van der Waals surface area (Å²) < 4.78 is 4.20. The maximum absolute atomic E-state index is 7.92. The minimum Gasteiger partial charge on any atom is -0.365 e. The SMILES string of the molecule is CC(CBr)Nc1ccc(SOOO)nn1. The third kappa shape index (κ3) is 4.76. The predicted molar refractivity (Wildman–Crippen MR) is 59.6 cm³/mol. The first kappa shape index (κ1) is 12.7. The van der Waals surface area contributed by atoms with E-state index >= 15 is 0 Å². The lowest BCUT2D eigenvalue weighted by Gasteiger charge is -2.10. The van der Waals surface area contributed by atoms with Gasteiger partial charge in [0.25, 0.3) is 0 Å². The van der Waals surface area contributed by atoms with Gasteiger partial charge in [-0.25, -0.2) is 5.26 Å². The van der Waals surface area contributed by atoms with E-state index in [0.717, 1.165) is 17.4 Å². The fraction of sp³-hybridized carbons (Fsp3) is 0.429. The summed E-state index contributed by atoms with van der Waals surface area (Å²) in [6.45, 7) is 2.02. The van der Waals surface area contributed by atoms with E-state index in [1.807, 2.05) is 6.92 Å². The summed E-state index contributed by atoms with van der Waals surface area (Å²) in [6.07, 6.45) is 0. The van der Waals surface area contributed by atoms with Crippen LogP contribution in [0.15, 0.2) is 17.2 Å². The molecule has 84 valence electrons. The Labute approximate surface area is 99.6 Å². The van der Waals surface area contributed by atoms with Gasteiger partial charge in [-0.05, 0) is 19.1 Å². The van der Waals surface area contributed by atoms with Gasteiger partial charge < -0.3 is 5.32 Å². The highest BCUT2D eigenvalue weighted by atomic mass is 79.9. The maximum atomic E-state index is 7.92. The van der Waals surface area contributed by atoms with Crippen LogP contribution >= 0.6 is 28.0 Å². The zero-order valence-corrected chi connectivity index (χ0v) is 10.3. The van der Waals surface area contributed by atoms with Gasteiger partial charge in [0, 0.05) is 11.4 Å². The van der Waals surface area contributed by atoms with Gasteiger partial charge in [0.2, 0.25) is 0 Å². The normalized spacial score (nSPS) is 12.5. The van der Waals surface area contributed by atoms with Crippen LogP contribution in [0.2, 0.25) is 0 Å². The van der Waals surface area contributed by atoms with Crippen molar-refractivity contribution in [1.29, 1.82) is 0 Å². The molecule has 6 nitrogen and oxygen atoms in total. The molecule has 0 aromatic carbocycles. The number of nitrogens with zero attached hydrogens (tertiary/aromatic N) is 2. The van der Waals surface area contributed by atoms with Gasteiger partial charge in [0.1, 0.15) is 10.8 Å². The van der Waals surface area contributed by atoms with Gasteiger partial charge in [0.15, 0.2) is 0 Å². The summed E-state index contributed by atoms with van der Waals surface area (Å²) >= 11 is 4.11. The monoisotopic (exact) mass is 295 g/mol. The molecule has 0 saturated carbocycles. The summed E-state index contributed by atoms with van der Waals surface area (Å²) in [5, 5.41) is 23.5. The Morgan fingerprint density at radius 1 is 1.60 bits per heavy atom. The van der Waals surface area contributed by atoms with Crippen LogP contribution in [0.25, 0.3) is 0 Å². The van der Waals surface area contributed by atoms with Crippen LogP contribution in [0.4, 0.5) is 5.82 Å². The Hall–Kier alpha value is -0.410. The lowest BCUT2D eigenvalue weighted by Crippen LogP contribution is -2.17. The number of halogens is 1. The van der Waals surface area contributed by atoms with Crippen molar-refractivity contribution in [3.63, 3.8) is 0 Å². The fourth-order valence-corrected chi connectivity index (χ4v) is 1.24. The van der Waals surface area contributed by atoms with E-state index in [2.05, 4.69) is 40.8 Å². The summed E-state index contributed by atoms with van der Waals surface area (Å²) in [7, 11) is 0. The molecule has 0 amide bonds. The summed E-state index contributed by atoms with van der Waals surface area (Å²) in [4.78, 5) is 0. The van der Waals surface area contributed by atoms with E-state index in [4.69, 9.17) is 5.26 Å². The summed E-state index contributed by atoms with van der Waals surface area (Å²) in [5.74, 6) is 0.677. The number of hydrogen-bond donors (Lipinski definition) is 2. The number of alkyl halides is 1. The Kier molecular flexibility index (Phi) is 5.88. The van der Waals surface area contributed by atoms with Crippen LogP contribution in [0, 0.1) is 0 Å². The Morgan fingerprint density at radius 2 is 2.40 bits per heavy atom. The van der Waals surface area contributed by atoms with Gasteiger partial charge in [-0.2, -0.15) is 0 Å². The zero-order valence-electron chi connectivity index (χ0n) is 7.88. The molecule has 1 rings (SSSR count). The Bertz CT molecular complexity index is 287. The molecule has 0 spiro atoms. The molecule has 1 aromatic heterocycles. The molecule has 2 N–H and O–H groups in total. The Balaban J connectivity index is 2.48. The molecule has 8 heteroatoms. The quantitative estimate of drug-likeness (QED) is 0.360. The smallest absolute Gasteiger partial charge is 0.149 e. The van der Waals surface area contributed by atoms with Crippen LogP contribution in [0.1, 0.15) is 6.92 Å². The van der Waals surface area contributed by atoms with Crippen molar-refractivity contribution in [3.8, 4) is 0 Å². The molecular weight excluding hydrogens is 286 g/mol. The lowest BCUT2D eigenvalue weighted by atomic mass is 10.4. The molecule has 0 radical (unpaired) electrons. The van der Waals surface area contributed by atoms with Crippen LogP contribution in [0.5, 0.6) is 0 Å². The van der Waals surface area contributed by atoms with Crippen molar-refractivity contribution >= 4 is 33.8 Å². The molecule has 1 unspecified atom stereocenters. The molecule has 1 aromatic rings. The van der Waals surface area contributed by atoms with Crippen LogP contribution in [0.3, 0.4) is 0 Å². The maximum Gasteiger partial charge on any atom is 0.149 e. The molecule has 0 bridgehead atoms. The van der Waals surface area contributed by atoms with Crippen LogP contribution in [-0.2, 0) is 9.37 Å². The molecular formula is C7H10BrN3O3S. The standard InChI is InChI=1S/C7H10BrN3O3S/c1-5(4-8)9-6-2-3-7(11-10-6)15-14-13-12/h2-3,5,12H,4H2,1H3,(H,9,10). The molecule has 0 saturated heterocycles. The van der Waals surface area contributed by atoms with E-state index in [1.54, 1.807) is 12.1 Å². The third-order valence-corrected chi connectivity index (χ3v) is 2.90. The summed E-state index contributed by atoms with van der Waals surface area (Å²) in [5.41, 5.74) is 0. The largest absolute Gasteiger partial charge is 0.365 e. The molecule has 0 aliphatic carbocycles. The molecule has 0 fully saturated rings. The van der Waals surface area contributed by atoms with E-state index in [0.29, 0.717) is 10.8 Å². The highest BCUT2D eigenvalue weighted by molar-refractivity contribution is 9.09. The Morgan fingerprint density at radius 3 is 2.93 bits per heavy atom. The molecule has 15 heavy (non-hydrogen) atoms. The minimum absolute atomic E-state index is 0.273. The molecule has 1 atom stereocenters. The van der Waals surface area contributed by atoms with Gasteiger partial charge in [0.05, 0.1) is 12.0 Å². The highest BCUT2D eigenvalue weighted by Gasteiger charge is 2.02. The second kappa shape index (κ2) is 6.96. The average molecular weight is 296 g/mol. The first-order chi connectivity index (χ1) is 7.26. The van der Waals surface area contributed by atoms with Gasteiger partial charge in [-0.15, -0.1) is 14.5 Å². The molecule has 0 aliphatic rings. The highest BCUT2D eigenvalue weighted by Crippen LogP contribution is 2.16. The molecule has 1 heterocycles. The van der Waals surface area contributed by atoms with Gasteiger partial charge >= 0.3 is 0 Å². The number of nitrogens with one attached hydrogen (secondary N) is 1. The van der Waals surface area contributed by atoms with E-state index in [9.17, 15) is 0 Å². The number of hydrogen-bond acceptors (Lipinski definition) is 7. The lowest BCUT2D eigenvalue weighted by molar-refractivity contribution is -0.432. The second-order valence-corrected chi connectivity index (χ2v) is 4.05. The van der Waals surface area contributed by atoms with Crippen LogP contribution < -0.4 is 5.32 Å².